The van der Waals surface area contributed by atoms with Gasteiger partial charge in [0.1, 0.15) is 18.1 Å². The average molecular weight is 293 g/mol. The summed E-state index contributed by atoms with van der Waals surface area (Å²) in [7, 11) is 1.65. The number of aliphatic hydroxyl groups excluding tert-OH is 1. The number of aliphatic hydroxyl groups is 1. The molecule has 4 heteroatoms. The predicted molar refractivity (Wildman–Crippen MR) is 84.0 cm³/mol. The highest BCUT2D eigenvalue weighted by atomic mass is 16.5. The minimum atomic E-state index is 0.0956. The Bertz CT molecular complexity index is 399. The summed E-state index contributed by atoms with van der Waals surface area (Å²) >= 11 is 0. The van der Waals surface area contributed by atoms with E-state index in [1.807, 2.05) is 24.3 Å². The molecule has 1 aromatic rings. The molecule has 21 heavy (non-hydrogen) atoms. The van der Waals surface area contributed by atoms with Gasteiger partial charge in [0.2, 0.25) is 0 Å². The van der Waals surface area contributed by atoms with E-state index in [9.17, 15) is 5.11 Å². The van der Waals surface area contributed by atoms with Crippen LogP contribution < -0.4 is 14.8 Å². The molecule has 1 saturated carbocycles. The minimum Gasteiger partial charge on any atom is -0.497 e. The van der Waals surface area contributed by atoms with Gasteiger partial charge in [0.15, 0.2) is 0 Å². The molecule has 0 saturated heterocycles. The fourth-order valence-corrected chi connectivity index (χ4v) is 2.96. The molecule has 0 bridgehead atoms. The summed E-state index contributed by atoms with van der Waals surface area (Å²) in [6.45, 7) is 2.61. The first kappa shape index (κ1) is 16.1. The Morgan fingerprint density at radius 3 is 2.38 bits per heavy atom. The number of nitrogens with one attached hydrogen (secondary N) is 1. The maximum Gasteiger partial charge on any atom is 0.119 e. The summed E-state index contributed by atoms with van der Waals surface area (Å²) in [5, 5.41) is 13.1. The fourth-order valence-electron chi connectivity index (χ4n) is 2.96. The Kier molecular flexibility index (Phi) is 6.33. The van der Waals surface area contributed by atoms with Gasteiger partial charge in [0, 0.05) is 25.1 Å². The van der Waals surface area contributed by atoms with Gasteiger partial charge in [-0.2, -0.15) is 0 Å². The number of hydrogen-bond acceptors (Lipinski definition) is 4. The van der Waals surface area contributed by atoms with Crippen molar-refractivity contribution in [1.82, 2.24) is 5.32 Å². The van der Waals surface area contributed by atoms with Gasteiger partial charge in [-0.1, -0.05) is 19.3 Å². The molecule has 0 heterocycles. The van der Waals surface area contributed by atoms with Crippen LogP contribution in [0.5, 0.6) is 11.5 Å². The number of benzene rings is 1. The van der Waals surface area contributed by atoms with E-state index in [0.29, 0.717) is 13.2 Å². The van der Waals surface area contributed by atoms with Crippen molar-refractivity contribution in [1.29, 1.82) is 0 Å². The van der Waals surface area contributed by atoms with Gasteiger partial charge in [0.05, 0.1) is 7.11 Å². The summed E-state index contributed by atoms with van der Waals surface area (Å²) in [6.07, 6.45) is 6.06. The lowest BCUT2D eigenvalue weighted by Gasteiger charge is -2.35. The summed E-state index contributed by atoms with van der Waals surface area (Å²) in [4.78, 5) is 0. The van der Waals surface area contributed by atoms with E-state index in [4.69, 9.17) is 9.47 Å². The van der Waals surface area contributed by atoms with Gasteiger partial charge < -0.3 is 19.9 Å². The van der Waals surface area contributed by atoms with Crippen LogP contribution in [-0.4, -0.2) is 38.5 Å². The van der Waals surface area contributed by atoms with Crippen LogP contribution >= 0.6 is 0 Å². The second-order valence-electron chi connectivity index (χ2n) is 5.92. The molecule has 1 aliphatic rings. The Hall–Kier alpha value is -1.26. The topological polar surface area (TPSA) is 50.7 Å². The quantitative estimate of drug-likeness (QED) is 0.723. The second kappa shape index (κ2) is 8.25. The van der Waals surface area contributed by atoms with E-state index in [1.165, 1.54) is 19.3 Å². The zero-order valence-corrected chi connectivity index (χ0v) is 12.9. The van der Waals surface area contributed by atoms with Crippen molar-refractivity contribution in [3.63, 3.8) is 0 Å². The lowest BCUT2D eigenvalue weighted by molar-refractivity contribution is 0.0804. The minimum absolute atomic E-state index is 0.0956. The third-order valence-corrected chi connectivity index (χ3v) is 4.36. The van der Waals surface area contributed by atoms with Gasteiger partial charge in [0.25, 0.3) is 0 Å². The first-order chi connectivity index (χ1) is 10.3. The van der Waals surface area contributed by atoms with Gasteiger partial charge in [-0.05, 0) is 37.1 Å². The molecular weight excluding hydrogens is 266 g/mol. The van der Waals surface area contributed by atoms with Crippen LogP contribution in [-0.2, 0) is 0 Å². The molecule has 118 valence electrons. The third-order valence-electron chi connectivity index (χ3n) is 4.36. The average Bonchev–Trinajstić information content (AvgIpc) is 2.56. The fraction of sp³-hybridized carbons (Fsp3) is 0.647. The van der Waals surface area contributed by atoms with Gasteiger partial charge in [-0.3, -0.25) is 0 Å². The third kappa shape index (κ3) is 4.90. The van der Waals surface area contributed by atoms with E-state index in [-0.39, 0.29) is 5.41 Å². The molecule has 0 aromatic heterocycles. The molecule has 2 rings (SSSR count). The molecule has 0 unspecified atom stereocenters. The molecular formula is C17H27NO3. The van der Waals surface area contributed by atoms with Crippen molar-refractivity contribution >= 4 is 0 Å². The first-order valence-corrected chi connectivity index (χ1v) is 7.86. The summed E-state index contributed by atoms with van der Waals surface area (Å²) in [6, 6.07) is 7.61. The molecule has 1 aromatic carbocycles. The maximum absolute atomic E-state index is 9.64. The number of ether oxygens (including phenoxy) is 2. The molecule has 1 aliphatic carbocycles. The molecule has 0 aliphatic heterocycles. The lowest BCUT2D eigenvalue weighted by atomic mass is 9.74. The van der Waals surface area contributed by atoms with Crippen LogP contribution in [0.15, 0.2) is 24.3 Å². The Morgan fingerprint density at radius 2 is 1.76 bits per heavy atom. The number of rotatable bonds is 8. The number of hydrogen-bond donors (Lipinski definition) is 2. The van der Waals surface area contributed by atoms with Gasteiger partial charge in [-0.15, -0.1) is 0 Å². The zero-order valence-electron chi connectivity index (χ0n) is 12.9. The van der Waals surface area contributed by atoms with Crippen molar-refractivity contribution in [2.75, 3.05) is 33.4 Å². The van der Waals surface area contributed by atoms with Crippen LogP contribution in [0.25, 0.3) is 0 Å². The highest BCUT2D eigenvalue weighted by Crippen LogP contribution is 2.35. The standard InChI is InChI=1S/C17H27NO3/c1-20-15-5-7-16(8-6-15)21-12-11-18-13-17(14-19)9-3-2-4-10-17/h5-8,18-19H,2-4,9-14H2,1H3. The Balaban J connectivity index is 1.64. The van der Waals surface area contributed by atoms with Crippen molar-refractivity contribution < 1.29 is 14.6 Å². The van der Waals surface area contributed by atoms with Crippen LogP contribution in [0.4, 0.5) is 0 Å². The van der Waals surface area contributed by atoms with Crippen LogP contribution in [0.2, 0.25) is 0 Å². The van der Waals surface area contributed by atoms with Gasteiger partial charge >= 0.3 is 0 Å². The molecule has 0 radical (unpaired) electrons. The SMILES string of the molecule is COc1ccc(OCCNCC2(CO)CCCCC2)cc1. The van der Waals surface area contributed by atoms with E-state index < -0.39 is 0 Å². The van der Waals surface area contributed by atoms with E-state index in [2.05, 4.69) is 5.32 Å². The molecule has 2 N–H and O–H groups in total. The summed E-state index contributed by atoms with van der Waals surface area (Å²) in [5.74, 6) is 1.69. The van der Waals surface area contributed by atoms with E-state index in [1.54, 1.807) is 7.11 Å². The Morgan fingerprint density at radius 1 is 1.10 bits per heavy atom. The maximum atomic E-state index is 9.64. The van der Waals surface area contributed by atoms with Crippen molar-refractivity contribution in [3.8, 4) is 11.5 Å². The highest BCUT2D eigenvalue weighted by molar-refractivity contribution is 5.31. The molecule has 4 nitrogen and oxygen atoms in total. The molecule has 1 fully saturated rings. The zero-order chi connectivity index (χ0) is 15.0. The van der Waals surface area contributed by atoms with E-state index >= 15 is 0 Å². The van der Waals surface area contributed by atoms with Gasteiger partial charge in [-0.25, -0.2) is 0 Å². The predicted octanol–water partition coefficient (Wildman–Crippen LogP) is 2.61. The van der Waals surface area contributed by atoms with Crippen LogP contribution in [0.1, 0.15) is 32.1 Å². The van der Waals surface area contributed by atoms with Crippen LogP contribution in [0, 0.1) is 5.41 Å². The number of methoxy groups -OCH3 is 1. The van der Waals surface area contributed by atoms with Crippen molar-refractivity contribution in [2.24, 2.45) is 5.41 Å². The smallest absolute Gasteiger partial charge is 0.119 e. The van der Waals surface area contributed by atoms with Crippen LogP contribution in [0.3, 0.4) is 0 Å². The molecule has 0 atom stereocenters. The summed E-state index contributed by atoms with van der Waals surface area (Å²) < 4.78 is 10.8. The first-order valence-electron chi connectivity index (χ1n) is 7.86. The van der Waals surface area contributed by atoms with Crippen molar-refractivity contribution in [3.05, 3.63) is 24.3 Å². The highest BCUT2D eigenvalue weighted by Gasteiger charge is 2.30. The lowest BCUT2D eigenvalue weighted by Crippen LogP contribution is -2.40. The largest absolute Gasteiger partial charge is 0.497 e. The Labute approximate surface area is 127 Å². The summed E-state index contributed by atoms with van der Waals surface area (Å²) in [5.41, 5.74) is 0.0956. The molecule has 0 spiro atoms. The molecule has 0 amide bonds. The second-order valence-corrected chi connectivity index (χ2v) is 5.92. The van der Waals surface area contributed by atoms with Crippen molar-refractivity contribution in [2.45, 2.75) is 32.1 Å². The monoisotopic (exact) mass is 293 g/mol. The normalized spacial score (nSPS) is 17.4. The van der Waals surface area contributed by atoms with E-state index in [0.717, 1.165) is 37.4 Å².